The summed E-state index contributed by atoms with van der Waals surface area (Å²) in [5.41, 5.74) is 0.960. The average Bonchev–Trinajstić information content (AvgIpc) is 2.88. The molecule has 0 aliphatic carbocycles. The number of hydrogen-bond donors (Lipinski definition) is 1. The van der Waals surface area contributed by atoms with Crippen molar-refractivity contribution >= 4 is 23.0 Å². The summed E-state index contributed by atoms with van der Waals surface area (Å²) < 4.78 is 0. The number of nitrogens with zero attached hydrogens (tertiary/aromatic N) is 2. The van der Waals surface area contributed by atoms with Crippen molar-refractivity contribution < 1.29 is 4.92 Å². The Balaban J connectivity index is 1.83. The van der Waals surface area contributed by atoms with E-state index in [9.17, 15) is 10.1 Å². The van der Waals surface area contributed by atoms with E-state index in [4.69, 9.17) is 11.6 Å². The highest BCUT2D eigenvalue weighted by atomic mass is 35.5. The first-order chi connectivity index (χ1) is 8.65. The first kappa shape index (κ1) is 11.7. The van der Waals surface area contributed by atoms with E-state index in [-0.39, 0.29) is 5.69 Å². The molecule has 5 nitrogen and oxygen atoms in total. The summed E-state index contributed by atoms with van der Waals surface area (Å²) in [7, 11) is 0. The second-order valence-corrected chi connectivity index (χ2v) is 5.38. The van der Waals surface area contributed by atoms with E-state index in [0.29, 0.717) is 16.9 Å². The Kier molecular flexibility index (Phi) is 2.87. The zero-order chi connectivity index (χ0) is 12.7. The van der Waals surface area contributed by atoms with Crippen LogP contribution in [0.25, 0.3) is 0 Å². The topological polar surface area (TPSA) is 58.4 Å². The predicted octanol–water partition coefficient (Wildman–Crippen LogP) is 1.90. The first-order valence-corrected chi connectivity index (χ1v) is 6.42. The largest absolute Gasteiger partial charge is 0.370 e. The fourth-order valence-corrected chi connectivity index (χ4v) is 3.21. The standard InChI is InChI=1S/C12H14ClN3O2/c13-11-3-10(16(17)18)1-2-12(11)15-6-8-4-14-5-9(8)7-15/h1-3,8-9,14H,4-7H2. The van der Waals surface area contributed by atoms with Crippen molar-refractivity contribution in [3.63, 3.8) is 0 Å². The highest BCUT2D eigenvalue weighted by Gasteiger charge is 2.36. The molecule has 96 valence electrons. The van der Waals surface area contributed by atoms with Gasteiger partial charge in [-0.25, -0.2) is 0 Å². The van der Waals surface area contributed by atoms with Crippen molar-refractivity contribution in [2.45, 2.75) is 0 Å². The molecule has 0 spiro atoms. The molecule has 18 heavy (non-hydrogen) atoms. The maximum Gasteiger partial charge on any atom is 0.271 e. The van der Waals surface area contributed by atoms with E-state index >= 15 is 0 Å². The van der Waals surface area contributed by atoms with Gasteiger partial charge in [-0.2, -0.15) is 0 Å². The Labute approximate surface area is 110 Å². The van der Waals surface area contributed by atoms with Crippen LogP contribution in [0.15, 0.2) is 18.2 Å². The smallest absolute Gasteiger partial charge is 0.271 e. The van der Waals surface area contributed by atoms with Crippen molar-refractivity contribution in [3.8, 4) is 0 Å². The molecule has 2 heterocycles. The van der Waals surface area contributed by atoms with Crippen molar-refractivity contribution in [2.24, 2.45) is 11.8 Å². The van der Waals surface area contributed by atoms with E-state index < -0.39 is 4.92 Å². The molecule has 2 atom stereocenters. The Morgan fingerprint density at radius 1 is 1.33 bits per heavy atom. The Hall–Kier alpha value is -1.33. The van der Waals surface area contributed by atoms with Crippen LogP contribution in [0.2, 0.25) is 5.02 Å². The number of nitro benzene ring substituents is 1. The van der Waals surface area contributed by atoms with E-state index in [1.807, 2.05) is 0 Å². The van der Waals surface area contributed by atoms with Crippen LogP contribution >= 0.6 is 11.6 Å². The van der Waals surface area contributed by atoms with E-state index in [1.54, 1.807) is 6.07 Å². The summed E-state index contributed by atoms with van der Waals surface area (Å²) in [6, 6.07) is 4.71. The van der Waals surface area contributed by atoms with Crippen molar-refractivity contribution in [1.29, 1.82) is 0 Å². The van der Waals surface area contributed by atoms with Gasteiger partial charge in [0.15, 0.2) is 0 Å². The summed E-state index contributed by atoms with van der Waals surface area (Å²) in [4.78, 5) is 12.5. The molecule has 1 aromatic carbocycles. The molecule has 0 bridgehead atoms. The number of anilines is 1. The highest BCUT2D eigenvalue weighted by Crippen LogP contribution is 2.35. The lowest BCUT2D eigenvalue weighted by Crippen LogP contribution is -2.25. The maximum atomic E-state index is 10.7. The Bertz CT molecular complexity index is 482. The van der Waals surface area contributed by atoms with Gasteiger partial charge >= 0.3 is 0 Å². The van der Waals surface area contributed by atoms with Crippen LogP contribution < -0.4 is 10.2 Å². The minimum absolute atomic E-state index is 0.0461. The van der Waals surface area contributed by atoms with Crippen LogP contribution in [-0.4, -0.2) is 31.1 Å². The number of non-ortho nitro benzene ring substituents is 1. The third-order valence-corrected chi connectivity index (χ3v) is 4.18. The Morgan fingerprint density at radius 2 is 2.00 bits per heavy atom. The SMILES string of the molecule is O=[N+]([O-])c1ccc(N2CC3CNCC3C2)c(Cl)c1. The molecule has 2 unspecified atom stereocenters. The molecule has 0 amide bonds. The molecule has 2 aliphatic rings. The monoisotopic (exact) mass is 267 g/mol. The lowest BCUT2D eigenvalue weighted by molar-refractivity contribution is -0.384. The molecule has 0 radical (unpaired) electrons. The lowest BCUT2D eigenvalue weighted by atomic mass is 10.0. The van der Waals surface area contributed by atoms with E-state index in [0.717, 1.165) is 31.9 Å². The summed E-state index contributed by atoms with van der Waals surface area (Å²) in [5.74, 6) is 1.35. The van der Waals surface area contributed by atoms with Crippen molar-refractivity contribution in [3.05, 3.63) is 33.3 Å². The minimum Gasteiger partial charge on any atom is -0.370 e. The van der Waals surface area contributed by atoms with Gasteiger partial charge in [-0.1, -0.05) is 11.6 Å². The first-order valence-electron chi connectivity index (χ1n) is 6.05. The van der Waals surface area contributed by atoms with Gasteiger partial charge in [0.25, 0.3) is 5.69 Å². The fourth-order valence-electron chi connectivity index (χ4n) is 2.92. The number of hydrogen-bond acceptors (Lipinski definition) is 4. The van der Waals surface area contributed by atoms with E-state index in [1.165, 1.54) is 12.1 Å². The molecular formula is C12H14ClN3O2. The van der Waals surface area contributed by atoms with Gasteiger partial charge in [-0.05, 0) is 17.9 Å². The zero-order valence-electron chi connectivity index (χ0n) is 9.80. The molecule has 2 aliphatic heterocycles. The molecule has 1 N–H and O–H groups in total. The summed E-state index contributed by atoms with van der Waals surface area (Å²) in [5, 5.41) is 14.5. The van der Waals surface area contributed by atoms with Gasteiger partial charge in [-0.3, -0.25) is 10.1 Å². The molecule has 0 aromatic heterocycles. The number of fused-ring (bicyclic) bond motifs is 1. The molecule has 3 rings (SSSR count). The number of nitrogens with one attached hydrogen (secondary N) is 1. The third-order valence-electron chi connectivity index (χ3n) is 3.87. The molecule has 1 aromatic rings. The van der Waals surface area contributed by atoms with E-state index in [2.05, 4.69) is 10.2 Å². The van der Waals surface area contributed by atoms with Crippen LogP contribution in [0.5, 0.6) is 0 Å². The molecule has 2 saturated heterocycles. The van der Waals surface area contributed by atoms with Gasteiger partial charge in [0.2, 0.25) is 0 Å². The third kappa shape index (κ3) is 1.93. The lowest BCUT2D eigenvalue weighted by Gasteiger charge is -2.20. The fraction of sp³-hybridized carbons (Fsp3) is 0.500. The second-order valence-electron chi connectivity index (χ2n) is 4.98. The maximum absolute atomic E-state index is 10.7. The van der Waals surface area contributed by atoms with Crippen molar-refractivity contribution in [2.75, 3.05) is 31.1 Å². The number of rotatable bonds is 2. The van der Waals surface area contributed by atoms with Crippen LogP contribution in [0, 0.1) is 22.0 Å². The number of halogens is 1. The highest BCUT2D eigenvalue weighted by molar-refractivity contribution is 6.33. The molecule has 0 saturated carbocycles. The number of benzene rings is 1. The van der Waals surface area contributed by atoms with Crippen LogP contribution in [-0.2, 0) is 0 Å². The van der Waals surface area contributed by atoms with Gasteiger partial charge in [0.05, 0.1) is 15.6 Å². The average molecular weight is 268 g/mol. The van der Waals surface area contributed by atoms with Crippen LogP contribution in [0.4, 0.5) is 11.4 Å². The van der Waals surface area contributed by atoms with Gasteiger partial charge < -0.3 is 10.2 Å². The normalized spacial score (nSPS) is 26.4. The van der Waals surface area contributed by atoms with Gasteiger partial charge in [-0.15, -0.1) is 0 Å². The predicted molar refractivity (Wildman–Crippen MR) is 70.2 cm³/mol. The van der Waals surface area contributed by atoms with Crippen LogP contribution in [0.3, 0.4) is 0 Å². The summed E-state index contributed by atoms with van der Waals surface area (Å²) >= 11 is 6.15. The summed E-state index contributed by atoms with van der Waals surface area (Å²) in [6.07, 6.45) is 0. The zero-order valence-corrected chi connectivity index (χ0v) is 10.6. The second kappa shape index (κ2) is 4.40. The van der Waals surface area contributed by atoms with Crippen LogP contribution in [0.1, 0.15) is 0 Å². The molecule has 2 fully saturated rings. The quantitative estimate of drug-likeness (QED) is 0.657. The molecular weight excluding hydrogens is 254 g/mol. The van der Waals surface area contributed by atoms with Gasteiger partial charge in [0, 0.05) is 38.3 Å². The Morgan fingerprint density at radius 3 is 2.56 bits per heavy atom. The van der Waals surface area contributed by atoms with Crippen molar-refractivity contribution in [1.82, 2.24) is 5.32 Å². The summed E-state index contributed by atoms with van der Waals surface area (Å²) in [6.45, 7) is 4.09. The minimum atomic E-state index is -0.418. The van der Waals surface area contributed by atoms with Gasteiger partial charge in [0.1, 0.15) is 0 Å². The molecule has 6 heteroatoms. The number of nitro groups is 1.